The summed E-state index contributed by atoms with van der Waals surface area (Å²) in [6.45, 7) is 16.2. The first-order chi connectivity index (χ1) is 25.1. The third-order valence-electron chi connectivity index (χ3n) is 12.1. The van der Waals surface area contributed by atoms with Gasteiger partial charge in [0.1, 0.15) is 29.2 Å². The second-order valence-corrected chi connectivity index (χ2v) is 16.4. The minimum Gasteiger partial charge on any atom is -0.495 e. The summed E-state index contributed by atoms with van der Waals surface area (Å²) in [5.41, 5.74) is 1.33. The van der Waals surface area contributed by atoms with Crippen molar-refractivity contribution in [3.05, 3.63) is 64.0 Å². The van der Waals surface area contributed by atoms with Crippen molar-refractivity contribution in [1.82, 2.24) is 14.8 Å². The number of fused-ring (bicyclic) bond motifs is 7. The zero-order valence-electron chi connectivity index (χ0n) is 32.6. The molecule has 0 radical (unpaired) electrons. The number of ketones is 1. The van der Waals surface area contributed by atoms with E-state index < -0.39 is 40.7 Å². The summed E-state index contributed by atoms with van der Waals surface area (Å²) < 4.78 is 27.7. The first-order valence-electron chi connectivity index (χ1n) is 18.7. The molecule has 11 nitrogen and oxygen atoms in total. The number of methoxy groups -OCH3 is 2. The Kier molecular flexibility index (Phi) is 9.11. The quantitative estimate of drug-likeness (QED) is 0.153. The molecule has 53 heavy (non-hydrogen) atoms. The van der Waals surface area contributed by atoms with E-state index in [4.69, 9.17) is 29.0 Å². The summed E-state index contributed by atoms with van der Waals surface area (Å²) in [6, 6.07) is -0.522. The third-order valence-corrected chi connectivity index (χ3v) is 12.1. The van der Waals surface area contributed by atoms with Crippen LogP contribution in [0.4, 0.5) is 5.95 Å². The lowest BCUT2D eigenvalue weighted by Crippen LogP contribution is -2.81. The molecule has 1 aromatic carbocycles. The Bertz CT molecular complexity index is 2030. The topological polar surface area (TPSA) is 134 Å². The van der Waals surface area contributed by atoms with Gasteiger partial charge in [-0.25, -0.2) is 14.5 Å². The fourth-order valence-corrected chi connectivity index (χ4v) is 9.53. The van der Waals surface area contributed by atoms with E-state index in [1.54, 1.807) is 31.1 Å². The van der Waals surface area contributed by atoms with Crippen molar-refractivity contribution in [2.75, 3.05) is 14.2 Å². The van der Waals surface area contributed by atoms with Gasteiger partial charge in [0.15, 0.2) is 17.0 Å². The normalized spacial score (nSPS) is 30.2. The molecule has 0 saturated heterocycles. The number of Topliss-reactive ketones (excluding diaryl/α,β-unsaturated/α-hetero) is 1. The molecule has 0 amide bonds. The molecule has 11 heteroatoms. The lowest BCUT2D eigenvalue weighted by atomic mass is 9.43. The minimum atomic E-state index is -2.04. The fraction of sp³-hybridized carbons (Fsp3) is 0.548. The summed E-state index contributed by atoms with van der Waals surface area (Å²) >= 11 is 0. The van der Waals surface area contributed by atoms with E-state index in [0.717, 1.165) is 29.5 Å². The minimum absolute atomic E-state index is 0.00133. The van der Waals surface area contributed by atoms with Gasteiger partial charge >= 0.3 is 5.97 Å². The molecule has 3 saturated carbocycles. The Balaban J connectivity index is 1.55. The molecule has 7 unspecified atom stereocenters. The van der Waals surface area contributed by atoms with Crippen LogP contribution >= 0.6 is 0 Å². The number of rotatable bonds is 10. The van der Waals surface area contributed by atoms with Crippen LogP contribution in [0.3, 0.4) is 0 Å². The van der Waals surface area contributed by atoms with Crippen molar-refractivity contribution in [1.29, 1.82) is 0 Å². The van der Waals surface area contributed by atoms with Gasteiger partial charge in [0, 0.05) is 29.4 Å². The van der Waals surface area contributed by atoms with Crippen molar-refractivity contribution < 1.29 is 33.6 Å². The predicted octanol–water partition coefficient (Wildman–Crippen LogP) is 7.24. The molecule has 2 aromatic rings. The molecule has 1 aromatic heterocycles. The van der Waals surface area contributed by atoms with Gasteiger partial charge in [0.25, 0.3) is 5.95 Å². The Hall–Kier alpha value is -4.51. The van der Waals surface area contributed by atoms with Gasteiger partial charge in [0.05, 0.1) is 43.0 Å². The number of hydrogen-bond acceptors (Lipinski definition) is 10. The molecule has 3 aliphatic carbocycles. The second-order valence-electron chi connectivity index (χ2n) is 16.4. The summed E-state index contributed by atoms with van der Waals surface area (Å²) in [5.74, 6) is -0.469. The van der Waals surface area contributed by atoms with Gasteiger partial charge in [-0.3, -0.25) is 4.79 Å². The number of nitrogens with zero attached hydrogens (tertiary/aromatic N) is 4. The van der Waals surface area contributed by atoms with Gasteiger partial charge in [-0.15, -0.1) is 5.10 Å². The number of carbonyl (C=O) groups excluding carboxylic acids is 2. The number of aromatic nitrogens is 3. The van der Waals surface area contributed by atoms with E-state index in [1.165, 1.54) is 12.7 Å². The molecule has 4 heterocycles. The van der Waals surface area contributed by atoms with Crippen LogP contribution in [-0.4, -0.2) is 68.4 Å². The maximum absolute atomic E-state index is 15.0. The van der Waals surface area contributed by atoms with Crippen LogP contribution in [-0.2, 0) is 20.7 Å². The highest BCUT2D eigenvalue weighted by Crippen LogP contribution is 2.68. The van der Waals surface area contributed by atoms with Crippen LogP contribution < -0.4 is 14.2 Å². The molecule has 3 aliphatic heterocycles. The predicted molar refractivity (Wildman–Crippen MR) is 202 cm³/mol. The number of esters is 1. The molecule has 1 spiro atoms. The van der Waals surface area contributed by atoms with E-state index in [1.807, 2.05) is 13.8 Å². The highest BCUT2D eigenvalue weighted by atomic mass is 16.5. The van der Waals surface area contributed by atoms with E-state index in [2.05, 4.69) is 63.9 Å². The summed E-state index contributed by atoms with van der Waals surface area (Å²) in [4.78, 5) is 37.2. The Labute approximate surface area is 311 Å². The molecule has 3 fully saturated rings. The van der Waals surface area contributed by atoms with Crippen molar-refractivity contribution in [3.8, 4) is 17.2 Å². The summed E-state index contributed by atoms with van der Waals surface area (Å²) in [6.07, 6.45) is 14.1. The fourth-order valence-electron chi connectivity index (χ4n) is 9.53. The van der Waals surface area contributed by atoms with Crippen LogP contribution in [0.1, 0.15) is 104 Å². The lowest BCUT2D eigenvalue weighted by Gasteiger charge is -2.67. The first kappa shape index (κ1) is 36.8. The molecule has 6 aliphatic rings. The smallest absolute Gasteiger partial charge is 0.333 e. The standard InChI is InChI=1S/C42H52N4O7/c1-22(2)12-11-17-40(8)18-16-27-34(52-40)26(14-13-23(3)4)36-30(35(27)50-9)32-31-33(46-21-43-39(44-32)45-46)28-20-29(24(5)6)42(31,53-36)41(49,37(28)47)19-15-25(7)38(48)51-10/h12-13,15-16,18,21,24,28-29,31,33,49H,11,14,17,19-20H2,1-10H3. The molecule has 7 atom stereocenters. The number of allylic oxidation sites excluding steroid dienone is 4. The number of aliphatic imine (C=N–C) groups is 1. The highest BCUT2D eigenvalue weighted by Gasteiger charge is 2.79. The second kappa shape index (κ2) is 13.1. The number of aliphatic hydroxyl groups is 1. The molecule has 8 rings (SSSR count). The van der Waals surface area contributed by atoms with Crippen molar-refractivity contribution in [3.63, 3.8) is 0 Å². The zero-order chi connectivity index (χ0) is 38.2. The van der Waals surface area contributed by atoms with Crippen LogP contribution in [0.5, 0.6) is 17.2 Å². The van der Waals surface area contributed by atoms with E-state index in [-0.39, 0.29) is 30.0 Å². The van der Waals surface area contributed by atoms with Gasteiger partial charge < -0.3 is 24.1 Å². The van der Waals surface area contributed by atoms with Gasteiger partial charge in [-0.1, -0.05) is 43.2 Å². The number of benzene rings is 1. The van der Waals surface area contributed by atoms with Crippen LogP contribution in [0.25, 0.3) is 6.08 Å². The Morgan fingerprint density at radius 3 is 2.49 bits per heavy atom. The zero-order valence-corrected chi connectivity index (χ0v) is 32.6. The summed E-state index contributed by atoms with van der Waals surface area (Å²) in [5, 5.41) is 18.0. The van der Waals surface area contributed by atoms with Crippen molar-refractivity contribution in [2.24, 2.45) is 28.7 Å². The number of carbonyl (C=O) groups is 2. The monoisotopic (exact) mass is 724 g/mol. The molecular formula is C42H52N4O7. The molecule has 4 bridgehead atoms. The Morgan fingerprint density at radius 2 is 1.83 bits per heavy atom. The van der Waals surface area contributed by atoms with Gasteiger partial charge in [-0.2, -0.15) is 4.98 Å². The maximum atomic E-state index is 15.0. The SMILES string of the molecule is COC(=O)C(C)=CCC1(O)C(=O)C2CC(C(C)C)C13Oc1c(CC=C(C)C)c4c(c(OC)c1C1=Nc5ncn(n5)C2C13)C=CC(C)(CCC=C(C)C)O4. The lowest BCUT2D eigenvalue weighted by molar-refractivity contribution is -0.247. The van der Waals surface area contributed by atoms with Crippen LogP contribution in [0, 0.1) is 23.7 Å². The first-order valence-corrected chi connectivity index (χ1v) is 18.7. The van der Waals surface area contributed by atoms with Gasteiger partial charge in [0.2, 0.25) is 0 Å². The molecular weight excluding hydrogens is 672 g/mol. The van der Waals surface area contributed by atoms with E-state index in [9.17, 15) is 14.7 Å². The molecule has 1 N–H and O–H groups in total. The highest BCUT2D eigenvalue weighted by molar-refractivity contribution is 6.13. The van der Waals surface area contributed by atoms with Gasteiger partial charge in [-0.05, 0) is 85.3 Å². The number of ether oxygens (including phenoxy) is 4. The average molecular weight is 725 g/mol. The van der Waals surface area contributed by atoms with Crippen LogP contribution in [0.15, 0.2) is 52.3 Å². The summed E-state index contributed by atoms with van der Waals surface area (Å²) in [7, 11) is 2.95. The third kappa shape index (κ3) is 5.51. The average Bonchev–Trinajstić information content (AvgIpc) is 3.50. The van der Waals surface area contributed by atoms with Crippen molar-refractivity contribution in [2.45, 2.75) is 110 Å². The van der Waals surface area contributed by atoms with E-state index in [0.29, 0.717) is 46.9 Å². The largest absolute Gasteiger partial charge is 0.495 e. The molecule has 282 valence electrons. The Morgan fingerprint density at radius 1 is 1.09 bits per heavy atom. The number of hydrogen-bond donors (Lipinski definition) is 1. The van der Waals surface area contributed by atoms with Crippen molar-refractivity contribution >= 4 is 29.5 Å². The maximum Gasteiger partial charge on any atom is 0.333 e. The van der Waals surface area contributed by atoms with E-state index >= 15 is 0 Å². The van der Waals surface area contributed by atoms with Crippen LogP contribution in [0.2, 0.25) is 0 Å².